The summed E-state index contributed by atoms with van der Waals surface area (Å²) >= 11 is 0. The van der Waals surface area contributed by atoms with Crippen molar-refractivity contribution in [2.75, 3.05) is 26.9 Å². The van der Waals surface area contributed by atoms with Crippen molar-refractivity contribution in [2.24, 2.45) is 11.0 Å². The lowest BCUT2D eigenvalue weighted by molar-refractivity contribution is -0.136. The maximum absolute atomic E-state index is 11.7. The van der Waals surface area contributed by atoms with Crippen LogP contribution in [0.5, 0.6) is 0 Å². The molecular formula is C10H16N2O4. The SMILES string of the molecule is CCOC(=O)C1=NN(CCOC)C(=O)C1C. The number of carbonyl (C=O) groups excluding carboxylic acids is 2. The first-order valence-electron chi connectivity index (χ1n) is 5.17. The number of hydrazone groups is 1. The average molecular weight is 228 g/mol. The van der Waals surface area contributed by atoms with E-state index in [1.54, 1.807) is 21.0 Å². The highest BCUT2D eigenvalue weighted by Crippen LogP contribution is 2.15. The van der Waals surface area contributed by atoms with Gasteiger partial charge in [-0.1, -0.05) is 0 Å². The molecule has 1 aliphatic heterocycles. The number of methoxy groups -OCH3 is 1. The number of hydrogen-bond acceptors (Lipinski definition) is 5. The maximum Gasteiger partial charge on any atom is 0.355 e. The minimum atomic E-state index is -0.532. The molecule has 1 amide bonds. The summed E-state index contributed by atoms with van der Waals surface area (Å²) in [6.07, 6.45) is 0. The van der Waals surface area contributed by atoms with Crippen LogP contribution >= 0.6 is 0 Å². The van der Waals surface area contributed by atoms with Crippen LogP contribution in [0.25, 0.3) is 0 Å². The van der Waals surface area contributed by atoms with Gasteiger partial charge in [0.1, 0.15) is 0 Å². The highest BCUT2D eigenvalue weighted by atomic mass is 16.5. The third kappa shape index (κ3) is 2.57. The lowest BCUT2D eigenvalue weighted by Gasteiger charge is -2.10. The van der Waals surface area contributed by atoms with Crippen molar-refractivity contribution < 1.29 is 19.1 Å². The van der Waals surface area contributed by atoms with Crippen molar-refractivity contribution in [3.8, 4) is 0 Å². The van der Waals surface area contributed by atoms with Gasteiger partial charge in [-0.25, -0.2) is 9.80 Å². The summed E-state index contributed by atoms with van der Waals surface area (Å²) in [7, 11) is 1.54. The third-order valence-corrected chi connectivity index (χ3v) is 2.26. The van der Waals surface area contributed by atoms with E-state index in [4.69, 9.17) is 9.47 Å². The zero-order valence-electron chi connectivity index (χ0n) is 9.73. The Morgan fingerprint density at radius 2 is 2.25 bits per heavy atom. The number of amides is 1. The highest BCUT2D eigenvalue weighted by molar-refractivity contribution is 6.42. The summed E-state index contributed by atoms with van der Waals surface area (Å²) in [4.78, 5) is 23.1. The number of nitrogens with zero attached hydrogens (tertiary/aromatic N) is 2. The second-order valence-electron chi connectivity index (χ2n) is 3.38. The van der Waals surface area contributed by atoms with Gasteiger partial charge in [0.2, 0.25) is 0 Å². The average Bonchev–Trinajstić information content (AvgIpc) is 2.54. The second kappa shape index (κ2) is 5.60. The zero-order chi connectivity index (χ0) is 12.1. The van der Waals surface area contributed by atoms with Gasteiger partial charge in [-0.15, -0.1) is 0 Å². The van der Waals surface area contributed by atoms with Crippen LogP contribution in [-0.4, -0.2) is 49.5 Å². The molecule has 1 rings (SSSR count). The predicted octanol–water partition coefficient (Wildman–Crippen LogP) is 0.0302. The van der Waals surface area contributed by atoms with E-state index in [1.165, 1.54) is 5.01 Å². The van der Waals surface area contributed by atoms with Gasteiger partial charge >= 0.3 is 5.97 Å². The molecule has 6 heteroatoms. The van der Waals surface area contributed by atoms with Gasteiger partial charge in [-0.2, -0.15) is 5.10 Å². The zero-order valence-corrected chi connectivity index (χ0v) is 9.73. The molecule has 1 heterocycles. The Bertz CT molecular complexity index is 314. The van der Waals surface area contributed by atoms with Crippen LogP contribution in [0, 0.1) is 5.92 Å². The van der Waals surface area contributed by atoms with E-state index < -0.39 is 11.9 Å². The van der Waals surface area contributed by atoms with Crippen LogP contribution in [-0.2, 0) is 19.1 Å². The molecule has 0 radical (unpaired) electrons. The van der Waals surface area contributed by atoms with Crippen LogP contribution in [0.15, 0.2) is 5.10 Å². The lowest BCUT2D eigenvalue weighted by Crippen LogP contribution is -2.30. The van der Waals surface area contributed by atoms with Crippen LogP contribution < -0.4 is 0 Å². The summed E-state index contributed by atoms with van der Waals surface area (Å²) < 4.78 is 9.67. The monoisotopic (exact) mass is 228 g/mol. The number of rotatable bonds is 5. The number of ether oxygens (including phenoxy) is 2. The molecule has 90 valence electrons. The normalized spacial score (nSPS) is 19.9. The van der Waals surface area contributed by atoms with Crippen molar-refractivity contribution in [3.05, 3.63) is 0 Å². The first kappa shape index (κ1) is 12.6. The van der Waals surface area contributed by atoms with E-state index in [9.17, 15) is 9.59 Å². The Labute approximate surface area is 94.2 Å². The molecular weight excluding hydrogens is 212 g/mol. The third-order valence-electron chi connectivity index (χ3n) is 2.26. The van der Waals surface area contributed by atoms with Crippen LogP contribution in [0.3, 0.4) is 0 Å². The van der Waals surface area contributed by atoms with E-state index in [1.807, 2.05) is 0 Å². The van der Waals surface area contributed by atoms with Crippen molar-refractivity contribution in [1.82, 2.24) is 5.01 Å². The Morgan fingerprint density at radius 3 is 2.81 bits per heavy atom. The molecule has 16 heavy (non-hydrogen) atoms. The minimum absolute atomic E-state index is 0.169. The Hall–Kier alpha value is -1.43. The van der Waals surface area contributed by atoms with Crippen molar-refractivity contribution in [2.45, 2.75) is 13.8 Å². The predicted molar refractivity (Wildman–Crippen MR) is 56.8 cm³/mol. The quantitative estimate of drug-likeness (QED) is 0.622. The van der Waals surface area contributed by atoms with Crippen molar-refractivity contribution >= 4 is 17.6 Å². The summed E-state index contributed by atoms with van der Waals surface area (Å²) in [6.45, 7) is 4.37. The van der Waals surface area contributed by atoms with Crippen LogP contribution in [0.1, 0.15) is 13.8 Å². The largest absolute Gasteiger partial charge is 0.461 e. The molecule has 0 aromatic carbocycles. The van der Waals surface area contributed by atoms with Gasteiger partial charge in [0, 0.05) is 7.11 Å². The summed E-state index contributed by atoms with van der Waals surface area (Å²) in [5.41, 5.74) is 0.169. The molecule has 0 saturated heterocycles. The van der Waals surface area contributed by atoms with E-state index in [-0.39, 0.29) is 18.2 Å². The Kier molecular flexibility index (Phi) is 4.42. The molecule has 0 fully saturated rings. The van der Waals surface area contributed by atoms with Crippen LogP contribution in [0.4, 0.5) is 0 Å². The fourth-order valence-corrected chi connectivity index (χ4v) is 1.37. The fourth-order valence-electron chi connectivity index (χ4n) is 1.37. The molecule has 1 unspecified atom stereocenters. The van der Waals surface area contributed by atoms with E-state index in [2.05, 4.69) is 5.10 Å². The maximum atomic E-state index is 11.7. The topological polar surface area (TPSA) is 68.2 Å². The minimum Gasteiger partial charge on any atom is -0.461 e. The fraction of sp³-hybridized carbons (Fsp3) is 0.700. The molecule has 0 aromatic rings. The van der Waals surface area contributed by atoms with Gasteiger partial charge in [0.05, 0.1) is 25.7 Å². The summed E-state index contributed by atoms with van der Waals surface area (Å²) in [5.74, 6) is -1.25. The molecule has 0 aliphatic carbocycles. The molecule has 1 atom stereocenters. The first-order valence-corrected chi connectivity index (χ1v) is 5.17. The number of carbonyl (C=O) groups is 2. The van der Waals surface area contributed by atoms with Gasteiger partial charge < -0.3 is 9.47 Å². The smallest absolute Gasteiger partial charge is 0.355 e. The van der Waals surface area contributed by atoms with E-state index in [0.29, 0.717) is 13.2 Å². The van der Waals surface area contributed by atoms with Gasteiger partial charge in [-0.3, -0.25) is 4.79 Å². The van der Waals surface area contributed by atoms with E-state index in [0.717, 1.165) is 0 Å². The first-order chi connectivity index (χ1) is 7.61. The van der Waals surface area contributed by atoms with Crippen molar-refractivity contribution in [1.29, 1.82) is 0 Å². The molecule has 0 bridgehead atoms. The molecule has 6 nitrogen and oxygen atoms in total. The molecule has 0 N–H and O–H groups in total. The summed E-state index contributed by atoms with van der Waals surface area (Å²) in [5, 5.41) is 5.20. The number of hydrogen-bond donors (Lipinski definition) is 0. The van der Waals surface area contributed by atoms with E-state index >= 15 is 0 Å². The van der Waals surface area contributed by atoms with Crippen LogP contribution in [0.2, 0.25) is 0 Å². The summed E-state index contributed by atoms with van der Waals surface area (Å²) in [6, 6.07) is 0. The Morgan fingerprint density at radius 1 is 1.56 bits per heavy atom. The lowest BCUT2D eigenvalue weighted by atomic mass is 10.1. The van der Waals surface area contributed by atoms with Crippen molar-refractivity contribution in [3.63, 3.8) is 0 Å². The molecule has 0 spiro atoms. The second-order valence-corrected chi connectivity index (χ2v) is 3.38. The van der Waals surface area contributed by atoms with Gasteiger partial charge in [0.15, 0.2) is 5.71 Å². The molecule has 0 saturated carbocycles. The number of esters is 1. The standard InChI is InChI=1S/C10H16N2O4/c1-4-16-10(14)8-7(2)9(13)12(11-8)5-6-15-3/h7H,4-6H2,1-3H3. The molecule has 0 aromatic heterocycles. The highest BCUT2D eigenvalue weighted by Gasteiger charge is 2.36. The van der Waals surface area contributed by atoms with Gasteiger partial charge in [0.25, 0.3) is 5.91 Å². The molecule has 1 aliphatic rings. The van der Waals surface area contributed by atoms with Gasteiger partial charge in [-0.05, 0) is 13.8 Å². The Balaban J connectivity index is 2.70.